The van der Waals surface area contributed by atoms with Gasteiger partial charge in [0.2, 0.25) is 5.91 Å². The topological polar surface area (TPSA) is 52.6 Å². The predicted octanol–water partition coefficient (Wildman–Crippen LogP) is 2.30. The largest absolute Gasteiger partial charge is 0.508 e. The summed E-state index contributed by atoms with van der Waals surface area (Å²) in [6.45, 7) is 5.68. The van der Waals surface area contributed by atoms with Crippen LogP contribution in [0.1, 0.15) is 38.3 Å². The summed E-state index contributed by atoms with van der Waals surface area (Å²) in [4.78, 5) is 14.6. The van der Waals surface area contributed by atoms with Crippen molar-refractivity contribution in [3.8, 4) is 5.75 Å². The fourth-order valence-corrected chi connectivity index (χ4v) is 2.98. The Morgan fingerprint density at radius 3 is 2.75 bits per heavy atom. The summed E-state index contributed by atoms with van der Waals surface area (Å²) in [6.07, 6.45) is 1.73. The number of hydrogen-bond donors (Lipinski definition) is 2. The number of hydrogen-bond acceptors (Lipinski definition) is 3. The molecule has 0 saturated carbocycles. The summed E-state index contributed by atoms with van der Waals surface area (Å²) in [7, 11) is 1.83. The second-order valence-electron chi connectivity index (χ2n) is 5.71. The summed E-state index contributed by atoms with van der Waals surface area (Å²) < 4.78 is 0. The number of nitrogens with one attached hydrogen (secondary N) is 1. The van der Waals surface area contributed by atoms with E-state index in [9.17, 15) is 9.90 Å². The quantitative estimate of drug-likeness (QED) is 0.887. The highest BCUT2D eigenvalue weighted by Gasteiger charge is 2.42. The molecule has 4 heteroatoms. The minimum absolute atomic E-state index is 0.132. The van der Waals surface area contributed by atoms with Crippen LogP contribution in [0.15, 0.2) is 24.3 Å². The van der Waals surface area contributed by atoms with Crippen molar-refractivity contribution < 1.29 is 9.90 Å². The first-order chi connectivity index (χ1) is 9.52. The average Bonchev–Trinajstić information content (AvgIpc) is 2.95. The Balaban J connectivity index is 2.20. The molecule has 1 aliphatic heterocycles. The van der Waals surface area contributed by atoms with E-state index in [0.717, 1.165) is 31.5 Å². The Kier molecular flexibility index (Phi) is 4.33. The van der Waals surface area contributed by atoms with Gasteiger partial charge in [0.25, 0.3) is 0 Å². The Bertz CT molecular complexity index is 481. The highest BCUT2D eigenvalue weighted by molar-refractivity contribution is 5.83. The lowest BCUT2D eigenvalue weighted by Crippen LogP contribution is -2.44. The molecule has 2 N–H and O–H groups in total. The second kappa shape index (κ2) is 5.83. The van der Waals surface area contributed by atoms with Gasteiger partial charge in [-0.05, 0) is 32.4 Å². The molecule has 0 aliphatic carbocycles. The van der Waals surface area contributed by atoms with Crippen molar-refractivity contribution in [2.75, 3.05) is 20.1 Å². The van der Waals surface area contributed by atoms with Crippen molar-refractivity contribution >= 4 is 5.91 Å². The van der Waals surface area contributed by atoms with Gasteiger partial charge in [-0.25, -0.2) is 0 Å². The van der Waals surface area contributed by atoms with Gasteiger partial charge < -0.3 is 15.3 Å². The summed E-state index contributed by atoms with van der Waals surface area (Å²) in [6, 6.07) is 7.08. The number of carbonyl (C=O) groups is 1. The molecule has 1 aromatic rings. The van der Waals surface area contributed by atoms with E-state index in [1.807, 2.05) is 26.1 Å². The average molecular weight is 276 g/mol. The standard InChI is InChI=1S/C16H24N2O2/c1-4-16(9-10-17-11-16)15(20)18(3)12(2)13-7-5-6-8-14(13)19/h5-8,12,17,19H,4,9-11H2,1-3H3. The van der Waals surface area contributed by atoms with Gasteiger partial charge in [0.1, 0.15) is 5.75 Å². The molecule has 1 amide bonds. The molecule has 2 atom stereocenters. The SMILES string of the molecule is CCC1(C(=O)N(C)C(C)c2ccccc2O)CCNC1. The summed E-state index contributed by atoms with van der Waals surface area (Å²) in [5.41, 5.74) is 0.508. The first-order valence-corrected chi connectivity index (χ1v) is 7.27. The van der Waals surface area contributed by atoms with E-state index in [1.165, 1.54) is 0 Å². The third kappa shape index (κ3) is 2.52. The maximum Gasteiger partial charge on any atom is 0.230 e. The first-order valence-electron chi connectivity index (χ1n) is 7.27. The maximum absolute atomic E-state index is 12.8. The molecule has 4 nitrogen and oxygen atoms in total. The fourth-order valence-electron chi connectivity index (χ4n) is 2.98. The molecule has 2 rings (SSSR count). The number of phenolic OH excluding ortho intramolecular Hbond substituents is 1. The van der Waals surface area contributed by atoms with Crippen LogP contribution in [0.3, 0.4) is 0 Å². The molecule has 1 saturated heterocycles. The zero-order chi connectivity index (χ0) is 14.8. The van der Waals surface area contributed by atoms with Gasteiger partial charge in [-0.3, -0.25) is 4.79 Å². The van der Waals surface area contributed by atoms with Crippen molar-refractivity contribution in [1.29, 1.82) is 0 Å². The van der Waals surface area contributed by atoms with Crippen LogP contribution in [0.4, 0.5) is 0 Å². The van der Waals surface area contributed by atoms with E-state index in [4.69, 9.17) is 0 Å². The van der Waals surface area contributed by atoms with Gasteiger partial charge in [0.05, 0.1) is 11.5 Å². The lowest BCUT2D eigenvalue weighted by Gasteiger charge is -2.34. The van der Waals surface area contributed by atoms with Gasteiger partial charge in [0.15, 0.2) is 0 Å². The number of para-hydroxylation sites is 1. The number of carbonyl (C=O) groups excluding carboxylic acids is 1. The molecule has 2 unspecified atom stereocenters. The van der Waals surface area contributed by atoms with Gasteiger partial charge in [0, 0.05) is 19.2 Å². The highest BCUT2D eigenvalue weighted by atomic mass is 16.3. The number of rotatable bonds is 4. The van der Waals surface area contributed by atoms with Gasteiger partial charge in [-0.1, -0.05) is 25.1 Å². The van der Waals surface area contributed by atoms with Gasteiger partial charge >= 0.3 is 0 Å². The molecule has 1 aromatic carbocycles. The Labute approximate surface area is 120 Å². The number of phenols is 1. The lowest BCUT2D eigenvalue weighted by atomic mass is 9.82. The monoisotopic (exact) mass is 276 g/mol. The third-order valence-corrected chi connectivity index (χ3v) is 4.66. The van der Waals surface area contributed by atoms with Crippen LogP contribution in [0, 0.1) is 5.41 Å². The minimum Gasteiger partial charge on any atom is -0.508 e. The molecule has 0 radical (unpaired) electrons. The van der Waals surface area contributed by atoms with Crippen LogP contribution >= 0.6 is 0 Å². The van der Waals surface area contributed by atoms with Gasteiger partial charge in [-0.2, -0.15) is 0 Å². The molecule has 1 aliphatic rings. The van der Waals surface area contributed by atoms with Crippen molar-refractivity contribution in [1.82, 2.24) is 10.2 Å². The Morgan fingerprint density at radius 2 is 2.20 bits per heavy atom. The van der Waals surface area contributed by atoms with Crippen LogP contribution in [-0.2, 0) is 4.79 Å². The molecule has 1 fully saturated rings. The van der Waals surface area contributed by atoms with Crippen molar-refractivity contribution in [3.63, 3.8) is 0 Å². The van der Waals surface area contributed by atoms with Crippen LogP contribution < -0.4 is 5.32 Å². The van der Waals surface area contributed by atoms with E-state index in [0.29, 0.717) is 0 Å². The second-order valence-corrected chi connectivity index (χ2v) is 5.71. The summed E-state index contributed by atoms with van der Waals surface area (Å²) in [5, 5.41) is 13.2. The Hall–Kier alpha value is -1.55. The lowest BCUT2D eigenvalue weighted by molar-refractivity contribution is -0.142. The maximum atomic E-state index is 12.8. The van der Waals surface area contributed by atoms with E-state index < -0.39 is 0 Å². The zero-order valence-electron chi connectivity index (χ0n) is 12.5. The van der Waals surface area contributed by atoms with Gasteiger partial charge in [-0.15, -0.1) is 0 Å². The molecule has 0 aromatic heterocycles. The van der Waals surface area contributed by atoms with Crippen molar-refractivity contribution in [2.45, 2.75) is 32.7 Å². The molecule has 0 bridgehead atoms. The highest BCUT2D eigenvalue weighted by Crippen LogP contribution is 2.35. The van der Waals surface area contributed by atoms with E-state index in [2.05, 4.69) is 12.2 Å². The van der Waals surface area contributed by atoms with E-state index >= 15 is 0 Å². The van der Waals surface area contributed by atoms with E-state index in [1.54, 1.807) is 17.0 Å². The number of aromatic hydroxyl groups is 1. The molecule has 1 heterocycles. The minimum atomic E-state index is -0.284. The summed E-state index contributed by atoms with van der Waals surface area (Å²) in [5.74, 6) is 0.412. The Morgan fingerprint density at radius 1 is 1.50 bits per heavy atom. The molecule has 110 valence electrons. The fraction of sp³-hybridized carbons (Fsp3) is 0.562. The molecular formula is C16H24N2O2. The molecule has 20 heavy (non-hydrogen) atoms. The number of nitrogens with zero attached hydrogens (tertiary/aromatic N) is 1. The number of amides is 1. The predicted molar refractivity (Wildman–Crippen MR) is 79.5 cm³/mol. The van der Waals surface area contributed by atoms with Crippen LogP contribution in [0.25, 0.3) is 0 Å². The first kappa shape index (κ1) is 14.9. The zero-order valence-corrected chi connectivity index (χ0v) is 12.5. The van der Waals surface area contributed by atoms with Crippen molar-refractivity contribution in [2.24, 2.45) is 5.41 Å². The molecule has 0 spiro atoms. The van der Waals surface area contributed by atoms with Crippen LogP contribution in [0.2, 0.25) is 0 Å². The number of benzene rings is 1. The normalized spacial score (nSPS) is 23.6. The van der Waals surface area contributed by atoms with Crippen molar-refractivity contribution in [3.05, 3.63) is 29.8 Å². The summed E-state index contributed by atoms with van der Waals surface area (Å²) >= 11 is 0. The smallest absolute Gasteiger partial charge is 0.230 e. The van der Waals surface area contributed by atoms with Crippen LogP contribution in [-0.4, -0.2) is 36.1 Å². The molecular weight excluding hydrogens is 252 g/mol. The third-order valence-electron chi connectivity index (χ3n) is 4.66. The van der Waals surface area contributed by atoms with Crippen LogP contribution in [0.5, 0.6) is 5.75 Å². The van der Waals surface area contributed by atoms with E-state index in [-0.39, 0.29) is 23.1 Å².